The summed E-state index contributed by atoms with van der Waals surface area (Å²) in [6.07, 6.45) is 1.55. The van der Waals surface area contributed by atoms with Gasteiger partial charge in [-0.25, -0.2) is 9.78 Å². The molecule has 0 bridgehead atoms. The topological polar surface area (TPSA) is 52.3 Å². The Balaban J connectivity index is 2.42. The fourth-order valence-electron chi connectivity index (χ4n) is 1.34. The van der Waals surface area contributed by atoms with Crippen LogP contribution in [0.3, 0.4) is 0 Å². The van der Waals surface area contributed by atoms with E-state index >= 15 is 0 Å². The van der Waals surface area contributed by atoms with Crippen molar-refractivity contribution in [3.8, 4) is 11.5 Å². The number of rotatable bonds is 3. The molecule has 0 fully saturated rings. The lowest BCUT2D eigenvalue weighted by Crippen LogP contribution is -2.03. The van der Waals surface area contributed by atoms with Crippen LogP contribution in [-0.4, -0.2) is 17.6 Å². The molecular formula is C11H11NO3S. The van der Waals surface area contributed by atoms with Gasteiger partial charge in [0.25, 0.3) is 0 Å². The maximum atomic E-state index is 11.7. The number of aromatic nitrogens is 1. The number of ether oxygens (including phenoxy) is 1. The van der Waals surface area contributed by atoms with Crippen LogP contribution in [0.5, 0.6) is 0 Å². The van der Waals surface area contributed by atoms with Gasteiger partial charge in [0.15, 0.2) is 5.76 Å². The average Bonchev–Trinajstić information content (AvgIpc) is 2.85. The minimum absolute atomic E-state index is 0.348. The van der Waals surface area contributed by atoms with Gasteiger partial charge in [-0.15, -0.1) is 11.3 Å². The maximum Gasteiger partial charge on any atom is 0.350 e. The lowest BCUT2D eigenvalue weighted by Gasteiger charge is -1.99. The van der Waals surface area contributed by atoms with Crippen molar-refractivity contribution in [2.75, 3.05) is 6.61 Å². The van der Waals surface area contributed by atoms with E-state index in [2.05, 4.69) is 4.98 Å². The molecule has 2 rings (SSSR count). The van der Waals surface area contributed by atoms with Crippen molar-refractivity contribution in [1.82, 2.24) is 4.98 Å². The molecule has 84 valence electrons. The number of hydrogen-bond acceptors (Lipinski definition) is 5. The Morgan fingerprint density at radius 1 is 1.62 bits per heavy atom. The van der Waals surface area contributed by atoms with Crippen LogP contribution in [0.25, 0.3) is 11.5 Å². The summed E-state index contributed by atoms with van der Waals surface area (Å²) in [6, 6.07) is 3.54. The third kappa shape index (κ3) is 1.99. The van der Waals surface area contributed by atoms with Crippen molar-refractivity contribution in [3.05, 3.63) is 28.3 Å². The van der Waals surface area contributed by atoms with Crippen molar-refractivity contribution in [2.45, 2.75) is 13.8 Å². The van der Waals surface area contributed by atoms with Gasteiger partial charge in [-0.1, -0.05) is 0 Å². The molecule has 4 nitrogen and oxygen atoms in total. The van der Waals surface area contributed by atoms with E-state index in [-0.39, 0.29) is 5.97 Å². The molecule has 0 radical (unpaired) electrons. The van der Waals surface area contributed by atoms with Crippen LogP contribution in [-0.2, 0) is 4.74 Å². The largest absolute Gasteiger partial charge is 0.463 e. The zero-order valence-corrected chi connectivity index (χ0v) is 9.84. The van der Waals surface area contributed by atoms with Gasteiger partial charge in [-0.05, 0) is 26.0 Å². The van der Waals surface area contributed by atoms with E-state index in [0.29, 0.717) is 22.9 Å². The molecule has 5 heteroatoms. The molecule has 0 spiro atoms. The van der Waals surface area contributed by atoms with Crippen molar-refractivity contribution >= 4 is 17.3 Å². The number of aryl methyl sites for hydroxylation is 1. The van der Waals surface area contributed by atoms with Crippen LogP contribution in [0.1, 0.15) is 21.6 Å². The minimum atomic E-state index is -0.348. The van der Waals surface area contributed by atoms with Gasteiger partial charge in [-0.2, -0.15) is 0 Å². The van der Waals surface area contributed by atoms with Gasteiger partial charge in [0.2, 0.25) is 0 Å². The predicted molar refractivity (Wildman–Crippen MR) is 60.5 cm³/mol. The van der Waals surface area contributed by atoms with Crippen molar-refractivity contribution in [3.63, 3.8) is 0 Å². The molecule has 2 aromatic heterocycles. The van der Waals surface area contributed by atoms with Gasteiger partial charge < -0.3 is 9.15 Å². The van der Waals surface area contributed by atoms with Crippen LogP contribution < -0.4 is 0 Å². The quantitative estimate of drug-likeness (QED) is 0.770. The third-order valence-corrected chi connectivity index (χ3v) is 2.90. The highest BCUT2D eigenvalue weighted by molar-refractivity contribution is 7.14. The lowest BCUT2D eigenvalue weighted by atomic mass is 10.3. The van der Waals surface area contributed by atoms with Gasteiger partial charge in [-0.3, -0.25) is 0 Å². The standard InChI is InChI=1S/C11H11NO3S/c1-3-14-11(13)10-9(12-7(2)16-10)8-5-4-6-15-8/h4-6H,3H2,1-2H3. The summed E-state index contributed by atoms with van der Waals surface area (Å²) in [5, 5.41) is 0.814. The third-order valence-electron chi connectivity index (χ3n) is 1.95. The summed E-state index contributed by atoms with van der Waals surface area (Å²) in [6.45, 7) is 3.98. The number of furan rings is 1. The molecule has 2 heterocycles. The van der Waals surface area contributed by atoms with Gasteiger partial charge in [0.05, 0.1) is 17.9 Å². The molecule has 0 aliphatic heterocycles. The highest BCUT2D eigenvalue weighted by Gasteiger charge is 2.20. The number of hydrogen-bond donors (Lipinski definition) is 0. The normalized spacial score (nSPS) is 10.4. The number of thiazole rings is 1. The van der Waals surface area contributed by atoms with E-state index < -0.39 is 0 Å². The van der Waals surface area contributed by atoms with Crippen LogP contribution in [0.2, 0.25) is 0 Å². The summed E-state index contributed by atoms with van der Waals surface area (Å²) in [5.74, 6) is 0.243. The predicted octanol–water partition coefficient (Wildman–Crippen LogP) is 2.89. The van der Waals surface area contributed by atoms with E-state index in [4.69, 9.17) is 9.15 Å². The molecule has 0 aromatic carbocycles. The van der Waals surface area contributed by atoms with Crippen LogP contribution in [0.15, 0.2) is 22.8 Å². The van der Waals surface area contributed by atoms with Crippen LogP contribution in [0, 0.1) is 6.92 Å². The second-order valence-electron chi connectivity index (χ2n) is 3.11. The molecule has 0 saturated heterocycles. The number of esters is 1. The molecule has 0 aliphatic rings. The Bertz CT molecular complexity index is 487. The molecule has 2 aromatic rings. The average molecular weight is 237 g/mol. The summed E-state index contributed by atoms with van der Waals surface area (Å²) >= 11 is 1.31. The van der Waals surface area contributed by atoms with E-state index in [0.717, 1.165) is 5.01 Å². The first-order valence-electron chi connectivity index (χ1n) is 4.90. The Hall–Kier alpha value is -1.62. The fraction of sp³-hybridized carbons (Fsp3) is 0.273. The number of carbonyl (C=O) groups is 1. The second-order valence-corrected chi connectivity index (χ2v) is 4.31. The van der Waals surface area contributed by atoms with E-state index in [9.17, 15) is 4.79 Å². The van der Waals surface area contributed by atoms with Crippen LogP contribution >= 0.6 is 11.3 Å². The minimum Gasteiger partial charge on any atom is -0.463 e. The molecule has 0 atom stereocenters. The number of nitrogens with zero attached hydrogens (tertiary/aromatic N) is 1. The van der Waals surface area contributed by atoms with Gasteiger partial charge in [0, 0.05) is 0 Å². The molecule has 0 unspecified atom stereocenters. The van der Waals surface area contributed by atoms with E-state index in [1.807, 2.05) is 6.92 Å². The molecular weight excluding hydrogens is 226 g/mol. The Morgan fingerprint density at radius 3 is 3.06 bits per heavy atom. The lowest BCUT2D eigenvalue weighted by molar-refractivity contribution is 0.0532. The Kier molecular flexibility index (Phi) is 3.05. The van der Waals surface area contributed by atoms with Crippen molar-refractivity contribution in [2.24, 2.45) is 0 Å². The zero-order valence-electron chi connectivity index (χ0n) is 9.02. The number of carbonyl (C=O) groups excluding carboxylic acids is 1. The van der Waals surface area contributed by atoms with Gasteiger partial charge >= 0.3 is 5.97 Å². The highest BCUT2D eigenvalue weighted by Crippen LogP contribution is 2.28. The second kappa shape index (κ2) is 4.49. The van der Waals surface area contributed by atoms with Crippen molar-refractivity contribution < 1.29 is 13.9 Å². The van der Waals surface area contributed by atoms with Gasteiger partial charge in [0.1, 0.15) is 10.6 Å². The molecule has 0 N–H and O–H groups in total. The smallest absolute Gasteiger partial charge is 0.350 e. The van der Waals surface area contributed by atoms with E-state index in [1.54, 1.807) is 25.3 Å². The Morgan fingerprint density at radius 2 is 2.44 bits per heavy atom. The monoisotopic (exact) mass is 237 g/mol. The van der Waals surface area contributed by atoms with E-state index in [1.165, 1.54) is 11.3 Å². The maximum absolute atomic E-state index is 11.7. The van der Waals surface area contributed by atoms with Crippen LogP contribution in [0.4, 0.5) is 0 Å². The first kappa shape index (κ1) is 10.9. The molecule has 0 saturated carbocycles. The summed E-state index contributed by atoms with van der Waals surface area (Å²) < 4.78 is 10.2. The SMILES string of the molecule is CCOC(=O)c1sc(C)nc1-c1ccco1. The molecule has 0 amide bonds. The first-order valence-corrected chi connectivity index (χ1v) is 5.72. The summed E-state index contributed by atoms with van der Waals surface area (Å²) in [4.78, 5) is 16.5. The fourth-order valence-corrected chi connectivity index (χ4v) is 2.16. The Labute approximate surface area is 96.9 Å². The summed E-state index contributed by atoms with van der Waals surface area (Å²) in [7, 11) is 0. The first-order chi connectivity index (χ1) is 7.72. The highest BCUT2D eigenvalue weighted by atomic mass is 32.1. The molecule has 0 aliphatic carbocycles. The zero-order chi connectivity index (χ0) is 11.5. The summed E-state index contributed by atoms with van der Waals surface area (Å²) in [5.41, 5.74) is 0.561. The molecule has 16 heavy (non-hydrogen) atoms. The van der Waals surface area contributed by atoms with Crippen molar-refractivity contribution in [1.29, 1.82) is 0 Å².